The smallest absolute Gasteiger partial charge is 0.383 e. The normalized spacial score (nSPS) is 14.9. The van der Waals surface area contributed by atoms with Crippen molar-refractivity contribution in [2.45, 2.75) is 6.18 Å². The van der Waals surface area contributed by atoms with E-state index in [1.165, 1.54) is 30.5 Å². The van der Waals surface area contributed by atoms with Crippen LogP contribution in [0.1, 0.15) is 11.1 Å². The van der Waals surface area contributed by atoms with Gasteiger partial charge in [0.1, 0.15) is 5.82 Å². The molecule has 3 N–H and O–H groups in total. The molecule has 1 aliphatic heterocycles. The Bertz CT molecular complexity index is 954. The number of likely N-dealkylation sites (N-methyl/N-ethyl adjacent to an activating group) is 1. The molecule has 3 rings (SSSR count). The van der Waals surface area contributed by atoms with Crippen molar-refractivity contribution in [1.82, 2.24) is 4.90 Å². The topological polar surface area (TPSA) is 56.4 Å². The summed E-state index contributed by atoms with van der Waals surface area (Å²) in [4.78, 5) is 13.9. The first-order chi connectivity index (χ1) is 13.7. The monoisotopic (exact) mass is 408 g/mol. The first-order valence-corrected chi connectivity index (χ1v) is 8.83. The average Bonchev–Trinajstić information content (AvgIpc) is 2.96. The van der Waals surface area contributed by atoms with Crippen molar-refractivity contribution in [2.24, 2.45) is 0 Å². The molecule has 29 heavy (non-hydrogen) atoms. The summed E-state index contributed by atoms with van der Waals surface area (Å²) in [5.41, 5.74) is -0.322. The van der Waals surface area contributed by atoms with Gasteiger partial charge >= 0.3 is 6.18 Å². The van der Waals surface area contributed by atoms with Crippen molar-refractivity contribution in [2.75, 3.05) is 43.1 Å². The molecule has 2 aromatic rings. The van der Waals surface area contributed by atoms with E-state index >= 15 is 0 Å². The maximum Gasteiger partial charge on any atom is 0.418 e. The van der Waals surface area contributed by atoms with Crippen LogP contribution < -0.4 is 16.0 Å². The highest BCUT2D eigenvalue weighted by Gasteiger charge is 2.34. The van der Waals surface area contributed by atoms with E-state index in [0.717, 1.165) is 6.07 Å². The lowest BCUT2D eigenvalue weighted by Gasteiger charge is -2.17. The molecule has 0 fully saturated rings. The van der Waals surface area contributed by atoms with Gasteiger partial charge in [0.05, 0.1) is 16.8 Å². The van der Waals surface area contributed by atoms with E-state index in [2.05, 4.69) is 16.0 Å². The van der Waals surface area contributed by atoms with Gasteiger partial charge in [-0.2, -0.15) is 13.2 Å². The van der Waals surface area contributed by atoms with Crippen LogP contribution in [0.4, 0.5) is 34.6 Å². The summed E-state index contributed by atoms with van der Waals surface area (Å²) in [7, 11) is 3.65. The summed E-state index contributed by atoms with van der Waals surface area (Å²) in [5, 5.41) is 7.98. The van der Waals surface area contributed by atoms with Crippen molar-refractivity contribution >= 4 is 28.5 Å². The van der Waals surface area contributed by atoms with Gasteiger partial charge in [0.2, 0.25) is 0 Å². The summed E-state index contributed by atoms with van der Waals surface area (Å²) in [5.74, 6) is -1.12. The molecule has 0 aliphatic carbocycles. The summed E-state index contributed by atoms with van der Waals surface area (Å²) in [6.45, 7) is 0.923. The first-order valence-electron chi connectivity index (χ1n) is 8.83. The van der Waals surface area contributed by atoms with Gasteiger partial charge in [-0.25, -0.2) is 4.39 Å². The molecule has 9 heteroatoms. The van der Waals surface area contributed by atoms with Gasteiger partial charge in [0.25, 0.3) is 5.91 Å². The zero-order valence-corrected chi connectivity index (χ0v) is 15.8. The Labute approximate surface area is 165 Å². The standard InChI is InChI=1S/C20H20F4N4O/c1-28(2)9-8-25-16-7-6-12(10-14(16)20(22,23)24)26-11-13-18-15(21)4-3-5-17(18)27-19(13)29/h3-7,10-11,25-26H,8-9H2,1-2H3,(H,27,29)/b13-11+. The number of carbonyl (C=O) groups is 1. The van der Waals surface area contributed by atoms with Crippen molar-refractivity contribution in [3.8, 4) is 0 Å². The van der Waals surface area contributed by atoms with Gasteiger partial charge in [0, 0.05) is 36.2 Å². The molecule has 5 nitrogen and oxygen atoms in total. The van der Waals surface area contributed by atoms with Crippen LogP contribution in [-0.2, 0) is 11.0 Å². The fourth-order valence-corrected chi connectivity index (χ4v) is 2.94. The lowest BCUT2D eigenvalue weighted by atomic mass is 10.1. The van der Waals surface area contributed by atoms with Crippen LogP contribution in [0.2, 0.25) is 0 Å². The van der Waals surface area contributed by atoms with Gasteiger partial charge in [0.15, 0.2) is 0 Å². The molecule has 0 unspecified atom stereocenters. The zero-order chi connectivity index (χ0) is 21.2. The molecule has 0 bridgehead atoms. The SMILES string of the molecule is CN(C)CCNc1ccc(N/C=C2/C(=O)Nc3cccc(F)c32)cc1C(F)(F)F. The molecule has 154 valence electrons. The van der Waals surface area contributed by atoms with E-state index in [1.54, 1.807) is 6.07 Å². The molecule has 0 atom stereocenters. The van der Waals surface area contributed by atoms with E-state index < -0.39 is 23.5 Å². The zero-order valence-electron chi connectivity index (χ0n) is 15.8. The lowest BCUT2D eigenvalue weighted by molar-refractivity contribution is -0.136. The van der Waals surface area contributed by atoms with Crippen LogP contribution in [0, 0.1) is 5.82 Å². The third-order valence-electron chi connectivity index (χ3n) is 4.36. The Hall–Kier alpha value is -3.07. The average molecular weight is 408 g/mol. The van der Waals surface area contributed by atoms with Crippen molar-refractivity contribution in [3.05, 3.63) is 59.5 Å². The van der Waals surface area contributed by atoms with Crippen LogP contribution in [0.15, 0.2) is 42.6 Å². The number of nitrogens with zero attached hydrogens (tertiary/aromatic N) is 1. The van der Waals surface area contributed by atoms with Crippen molar-refractivity contribution in [3.63, 3.8) is 0 Å². The number of fused-ring (bicyclic) bond motifs is 1. The Morgan fingerprint density at radius 2 is 1.93 bits per heavy atom. The van der Waals surface area contributed by atoms with Crippen LogP contribution in [0.5, 0.6) is 0 Å². The predicted octanol–water partition coefficient (Wildman–Crippen LogP) is 4.22. The number of nitrogens with one attached hydrogen (secondary N) is 3. The van der Waals surface area contributed by atoms with E-state index in [4.69, 9.17) is 0 Å². The van der Waals surface area contributed by atoms with Crippen LogP contribution in [0.3, 0.4) is 0 Å². The van der Waals surface area contributed by atoms with Crippen LogP contribution in [0.25, 0.3) is 5.57 Å². The number of anilines is 3. The molecule has 0 saturated carbocycles. The summed E-state index contributed by atoms with van der Waals surface area (Å²) < 4.78 is 54.4. The molecular formula is C20H20F4N4O. The number of carbonyl (C=O) groups excluding carboxylic acids is 1. The minimum atomic E-state index is -4.56. The van der Waals surface area contributed by atoms with Gasteiger partial charge in [-0.15, -0.1) is 0 Å². The number of hydrogen-bond acceptors (Lipinski definition) is 4. The third kappa shape index (κ3) is 4.68. The Kier molecular flexibility index (Phi) is 5.78. The highest BCUT2D eigenvalue weighted by atomic mass is 19.4. The van der Waals surface area contributed by atoms with E-state index in [9.17, 15) is 22.4 Å². The van der Waals surface area contributed by atoms with Gasteiger partial charge in [-0.05, 0) is 44.4 Å². The molecule has 0 radical (unpaired) electrons. The highest BCUT2D eigenvalue weighted by molar-refractivity contribution is 6.31. The third-order valence-corrected chi connectivity index (χ3v) is 4.36. The quantitative estimate of drug-likeness (QED) is 0.495. The second-order valence-electron chi connectivity index (χ2n) is 6.81. The maximum atomic E-state index is 14.1. The Morgan fingerprint density at radius 1 is 1.17 bits per heavy atom. The fraction of sp³-hybridized carbons (Fsp3) is 0.250. The highest BCUT2D eigenvalue weighted by Crippen LogP contribution is 2.37. The van der Waals surface area contributed by atoms with Crippen LogP contribution >= 0.6 is 0 Å². The largest absolute Gasteiger partial charge is 0.418 e. The summed E-state index contributed by atoms with van der Waals surface area (Å²) >= 11 is 0. The lowest BCUT2D eigenvalue weighted by Crippen LogP contribution is -2.22. The Balaban J connectivity index is 1.85. The minimum absolute atomic E-state index is 0.0137. The summed E-state index contributed by atoms with van der Waals surface area (Å²) in [6.07, 6.45) is -3.35. The van der Waals surface area contributed by atoms with E-state index in [-0.39, 0.29) is 22.5 Å². The van der Waals surface area contributed by atoms with Crippen LogP contribution in [-0.4, -0.2) is 38.0 Å². The molecule has 1 heterocycles. The molecule has 0 spiro atoms. The van der Waals surface area contributed by atoms with Gasteiger partial charge in [-0.1, -0.05) is 6.07 Å². The van der Waals surface area contributed by atoms with E-state index in [0.29, 0.717) is 18.8 Å². The number of hydrogen-bond donors (Lipinski definition) is 3. The fourth-order valence-electron chi connectivity index (χ4n) is 2.94. The minimum Gasteiger partial charge on any atom is -0.383 e. The van der Waals surface area contributed by atoms with Gasteiger partial charge in [-0.3, -0.25) is 4.79 Å². The van der Waals surface area contributed by atoms with Crippen molar-refractivity contribution in [1.29, 1.82) is 0 Å². The molecular weight excluding hydrogens is 388 g/mol. The number of alkyl halides is 3. The molecule has 2 aromatic carbocycles. The maximum absolute atomic E-state index is 14.1. The molecule has 0 saturated heterocycles. The molecule has 1 amide bonds. The van der Waals surface area contributed by atoms with E-state index in [1.807, 2.05) is 19.0 Å². The summed E-state index contributed by atoms with van der Waals surface area (Å²) in [6, 6.07) is 7.95. The number of amides is 1. The molecule has 0 aromatic heterocycles. The number of benzene rings is 2. The second kappa shape index (κ2) is 8.12. The number of halogens is 4. The van der Waals surface area contributed by atoms with Gasteiger partial charge < -0.3 is 20.9 Å². The molecule has 1 aliphatic rings. The predicted molar refractivity (Wildman–Crippen MR) is 105 cm³/mol. The first kappa shape index (κ1) is 20.7. The number of rotatable bonds is 6. The second-order valence-corrected chi connectivity index (χ2v) is 6.81. The van der Waals surface area contributed by atoms with Crippen molar-refractivity contribution < 1.29 is 22.4 Å². The Morgan fingerprint density at radius 3 is 2.62 bits per heavy atom.